The number of aromatic nitrogens is 1. The van der Waals surface area contributed by atoms with E-state index >= 15 is 0 Å². The lowest BCUT2D eigenvalue weighted by atomic mass is 10.0. The van der Waals surface area contributed by atoms with Gasteiger partial charge in [0.05, 0.1) is 18.9 Å². The Morgan fingerprint density at radius 2 is 2.11 bits per heavy atom. The highest BCUT2D eigenvalue weighted by molar-refractivity contribution is 5.92. The highest BCUT2D eigenvalue weighted by Gasteiger charge is 2.11. The maximum atomic E-state index is 13.6. The van der Waals surface area contributed by atoms with Gasteiger partial charge in [-0.2, -0.15) is 0 Å². The zero-order valence-corrected chi connectivity index (χ0v) is 9.68. The Hall–Kier alpha value is -2.43. The Balaban J connectivity index is 2.49. The molecular formula is C13H11FN2O2. The van der Waals surface area contributed by atoms with Gasteiger partial charge < -0.3 is 10.5 Å². The topological polar surface area (TPSA) is 65.2 Å². The number of carbonyl (C=O) groups is 1. The first-order chi connectivity index (χ1) is 8.63. The molecule has 2 aromatic rings. The molecule has 4 nitrogen and oxygen atoms in total. The second-order valence-corrected chi connectivity index (χ2v) is 3.65. The minimum Gasteiger partial charge on any atom is -0.465 e. The fourth-order valence-corrected chi connectivity index (χ4v) is 1.65. The van der Waals surface area contributed by atoms with Gasteiger partial charge in [0.15, 0.2) is 0 Å². The zero-order valence-electron chi connectivity index (χ0n) is 9.68. The number of ether oxygens (including phenoxy) is 1. The van der Waals surface area contributed by atoms with Gasteiger partial charge in [0, 0.05) is 23.0 Å². The Morgan fingerprint density at radius 1 is 1.33 bits per heavy atom. The number of hydrogen-bond acceptors (Lipinski definition) is 4. The number of hydrogen-bond donors (Lipinski definition) is 1. The first kappa shape index (κ1) is 12.0. The van der Waals surface area contributed by atoms with Crippen LogP contribution in [-0.4, -0.2) is 18.1 Å². The maximum absolute atomic E-state index is 13.6. The highest BCUT2D eigenvalue weighted by Crippen LogP contribution is 2.28. The molecule has 18 heavy (non-hydrogen) atoms. The zero-order chi connectivity index (χ0) is 13.1. The third-order valence-electron chi connectivity index (χ3n) is 2.54. The summed E-state index contributed by atoms with van der Waals surface area (Å²) in [6, 6.07) is 6.11. The molecule has 92 valence electrons. The maximum Gasteiger partial charge on any atom is 0.337 e. The summed E-state index contributed by atoms with van der Waals surface area (Å²) >= 11 is 0. The number of carbonyl (C=O) groups excluding carboxylic acids is 1. The standard InChI is InChI=1S/C13H11FN2O2/c1-18-13(17)8-2-3-10(12(15)6-8)9-4-5-16-7-11(9)14/h2-7H,15H2,1H3. The van der Waals surface area contributed by atoms with E-state index in [9.17, 15) is 9.18 Å². The van der Waals surface area contributed by atoms with Crippen molar-refractivity contribution in [3.05, 3.63) is 48.0 Å². The van der Waals surface area contributed by atoms with Gasteiger partial charge in [-0.3, -0.25) is 4.98 Å². The molecule has 0 saturated carbocycles. The molecule has 0 aliphatic rings. The van der Waals surface area contributed by atoms with Crippen molar-refractivity contribution in [1.29, 1.82) is 0 Å². The van der Waals surface area contributed by atoms with Gasteiger partial charge in [0.25, 0.3) is 0 Å². The lowest BCUT2D eigenvalue weighted by Gasteiger charge is -2.08. The first-order valence-corrected chi connectivity index (χ1v) is 5.21. The van der Waals surface area contributed by atoms with Crippen molar-refractivity contribution in [1.82, 2.24) is 4.98 Å². The lowest BCUT2D eigenvalue weighted by Crippen LogP contribution is -2.03. The van der Waals surface area contributed by atoms with Crippen LogP contribution >= 0.6 is 0 Å². The second kappa shape index (κ2) is 4.83. The molecule has 0 bridgehead atoms. The molecule has 0 unspecified atom stereocenters. The Kier molecular flexibility index (Phi) is 3.23. The summed E-state index contributed by atoms with van der Waals surface area (Å²) in [4.78, 5) is 15.0. The third-order valence-corrected chi connectivity index (χ3v) is 2.54. The number of nitrogens with zero attached hydrogens (tertiary/aromatic N) is 1. The number of rotatable bonds is 2. The van der Waals surface area contributed by atoms with Crippen LogP contribution in [0.15, 0.2) is 36.7 Å². The van der Waals surface area contributed by atoms with Crippen molar-refractivity contribution < 1.29 is 13.9 Å². The molecule has 0 atom stereocenters. The number of nitrogen functional groups attached to an aromatic ring is 1. The summed E-state index contributed by atoms with van der Waals surface area (Å²) < 4.78 is 18.2. The summed E-state index contributed by atoms with van der Waals surface area (Å²) in [7, 11) is 1.29. The highest BCUT2D eigenvalue weighted by atomic mass is 19.1. The molecule has 0 amide bonds. The first-order valence-electron chi connectivity index (χ1n) is 5.21. The molecule has 0 saturated heterocycles. The van der Waals surface area contributed by atoms with Crippen molar-refractivity contribution in [2.75, 3.05) is 12.8 Å². The van der Waals surface area contributed by atoms with E-state index in [0.717, 1.165) is 6.20 Å². The molecule has 5 heteroatoms. The van der Waals surface area contributed by atoms with Gasteiger partial charge in [-0.25, -0.2) is 9.18 Å². The quantitative estimate of drug-likeness (QED) is 0.652. The molecular weight excluding hydrogens is 235 g/mol. The number of anilines is 1. The Morgan fingerprint density at radius 3 is 2.72 bits per heavy atom. The van der Waals surface area contributed by atoms with E-state index in [2.05, 4.69) is 9.72 Å². The van der Waals surface area contributed by atoms with E-state index in [-0.39, 0.29) is 0 Å². The average molecular weight is 246 g/mol. The van der Waals surface area contributed by atoms with Crippen LogP contribution < -0.4 is 5.73 Å². The van der Waals surface area contributed by atoms with Crippen molar-refractivity contribution in [2.45, 2.75) is 0 Å². The molecule has 0 aliphatic heterocycles. The Bertz CT molecular complexity index is 599. The van der Waals surface area contributed by atoms with Crippen molar-refractivity contribution >= 4 is 11.7 Å². The average Bonchev–Trinajstić information content (AvgIpc) is 2.39. The van der Waals surface area contributed by atoms with E-state index in [1.165, 1.54) is 31.5 Å². The van der Waals surface area contributed by atoms with Crippen LogP contribution in [0.25, 0.3) is 11.1 Å². The van der Waals surface area contributed by atoms with Gasteiger partial charge in [0.1, 0.15) is 5.82 Å². The number of benzene rings is 1. The minimum atomic E-state index is -0.483. The van der Waals surface area contributed by atoms with Crippen LogP contribution in [0.4, 0.5) is 10.1 Å². The number of nitrogens with two attached hydrogens (primary N) is 1. The van der Waals surface area contributed by atoms with Crippen LogP contribution in [0.1, 0.15) is 10.4 Å². The molecule has 1 aromatic carbocycles. The fraction of sp³-hybridized carbons (Fsp3) is 0.0769. The van der Waals surface area contributed by atoms with Crippen LogP contribution in [0.5, 0.6) is 0 Å². The predicted octanol–water partition coefficient (Wildman–Crippen LogP) is 2.26. The largest absolute Gasteiger partial charge is 0.465 e. The smallest absolute Gasteiger partial charge is 0.337 e. The number of halogens is 1. The van der Waals surface area contributed by atoms with E-state index < -0.39 is 11.8 Å². The van der Waals surface area contributed by atoms with Crippen LogP contribution in [0, 0.1) is 5.82 Å². The summed E-state index contributed by atoms with van der Waals surface area (Å²) in [6.45, 7) is 0. The third kappa shape index (κ3) is 2.15. The van der Waals surface area contributed by atoms with Gasteiger partial charge in [-0.15, -0.1) is 0 Å². The van der Waals surface area contributed by atoms with Crippen molar-refractivity contribution in [2.24, 2.45) is 0 Å². The summed E-state index contributed by atoms with van der Waals surface area (Å²) in [6.07, 6.45) is 2.59. The molecule has 2 N–H and O–H groups in total. The molecule has 0 radical (unpaired) electrons. The van der Waals surface area contributed by atoms with Crippen molar-refractivity contribution in [3.63, 3.8) is 0 Å². The lowest BCUT2D eigenvalue weighted by molar-refractivity contribution is 0.0601. The van der Waals surface area contributed by atoms with Crippen LogP contribution in [0.2, 0.25) is 0 Å². The molecule has 0 fully saturated rings. The normalized spacial score (nSPS) is 10.1. The van der Waals surface area contributed by atoms with Gasteiger partial charge >= 0.3 is 5.97 Å². The molecule has 1 heterocycles. The van der Waals surface area contributed by atoms with Crippen LogP contribution in [-0.2, 0) is 4.74 Å². The number of methoxy groups -OCH3 is 1. The molecule has 1 aromatic heterocycles. The SMILES string of the molecule is COC(=O)c1ccc(-c2ccncc2F)c(N)c1. The summed E-state index contributed by atoms with van der Waals surface area (Å²) in [5.74, 6) is -0.946. The van der Waals surface area contributed by atoms with Gasteiger partial charge in [-0.1, -0.05) is 6.07 Å². The minimum absolute atomic E-state index is 0.308. The predicted molar refractivity (Wildman–Crippen MR) is 65.4 cm³/mol. The van der Waals surface area contributed by atoms with E-state index in [0.29, 0.717) is 22.4 Å². The van der Waals surface area contributed by atoms with Crippen LogP contribution in [0.3, 0.4) is 0 Å². The molecule has 0 spiro atoms. The van der Waals surface area contributed by atoms with Gasteiger partial charge in [-0.05, 0) is 18.2 Å². The van der Waals surface area contributed by atoms with E-state index in [1.807, 2.05) is 0 Å². The fourth-order valence-electron chi connectivity index (χ4n) is 1.65. The molecule has 0 aliphatic carbocycles. The second-order valence-electron chi connectivity index (χ2n) is 3.65. The number of pyridine rings is 1. The summed E-state index contributed by atoms with van der Waals surface area (Å²) in [5, 5.41) is 0. The monoisotopic (exact) mass is 246 g/mol. The van der Waals surface area contributed by atoms with E-state index in [4.69, 9.17) is 5.73 Å². The number of esters is 1. The van der Waals surface area contributed by atoms with E-state index in [1.54, 1.807) is 6.07 Å². The summed E-state index contributed by atoms with van der Waals surface area (Å²) in [5.41, 5.74) is 7.32. The van der Waals surface area contributed by atoms with Gasteiger partial charge in [0.2, 0.25) is 0 Å². The van der Waals surface area contributed by atoms with Crippen molar-refractivity contribution in [3.8, 4) is 11.1 Å². The Labute approximate surface area is 103 Å². The molecule has 2 rings (SSSR count).